The molecule has 0 spiro atoms. The molecule has 44 heavy (non-hydrogen) atoms. The molecule has 0 fully saturated rings. The predicted molar refractivity (Wildman–Crippen MR) is 169 cm³/mol. The Kier molecular flexibility index (Phi) is 19.7. The minimum atomic E-state index is -1.18. The van der Waals surface area contributed by atoms with Gasteiger partial charge in [0.15, 0.2) is 0 Å². The van der Waals surface area contributed by atoms with Crippen molar-refractivity contribution in [3.63, 3.8) is 0 Å². The Labute approximate surface area is 259 Å². The Balaban J connectivity index is 0.000000580. The van der Waals surface area contributed by atoms with Crippen molar-refractivity contribution in [2.24, 2.45) is 22.9 Å². The molecule has 3 aromatic rings. The fourth-order valence-corrected chi connectivity index (χ4v) is 3.64. The number of carboxylic acid groups (broad SMARTS) is 4. The van der Waals surface area contributed by atoms with Crippen molar-refractivity contribution < 1.29 is 44.7 Å². The third-order valence-corrected chi connectivity index (χ3v) is 6.45. The third kappa shape index (κ3) is 16.6. The summed E-state index contributed by atoms with van der Waals surface area (Å²) in [5.74, 6) is -3.21. The van der Waals surface area contributed by atoms with Crippen LogP contribution in [0.25, 0.3) is 10.9 Å². The predicted octanol–water partition coefficient (Wildman–Crippen LogP) is 0.694. The van der Waals surface area contributed by atoms with E-state index in [2.05, 4.69) is 4.98 Å². The van der Waals surface area contributed by atoms with Crippen LogP contribution in [0.3, 0.4) is 0 Å². The van der Waals surface area contributed by atoms with E-state index < -0.39 is 54.1 Å². The lowest BCUT2D eigenvalue weighted by molar-refractivity contribution is -0.141. The smallest absolute Gasteiger partial charge is 0.323 e. The molecule has 1 aromatic heterocycles. The number of aliphatic hydroxyl groups excluding tert-OH is 1. The lowest BCUT2D eigenvalue weighted by Crippen LogP contribution is -2.39. The molecule has 0 aliphatic carbocycles. The van der Waals surface area contributed by atoms with E-state index in [1.807, 2.05) is 67.0 Å². The standard InChI is InChI=1S/C11H12N2O2.C9H11NO2.C5H11NO2S.C4H9NO3/c12-9(11(14)15)5-7-6-13-10-4-2-1-3-8(7)10;10-8(9(11)12)6-7-4-2-1-3-5-7;1-9-3-2-4(6)5(7)8;1-2(6)3(5)4(7)8/h1-4,6,9,13H,5,12H2,(H,14,15);1-5,8H,6,10H2,(H,11,12);4H,2-3,6H2,1H3,(H,7,8);2-3,6H,5H2,1H3,(H,7,8)/t9-;8-;4-;2-,3+/m0001/s1. The van der Waals surface area contributed by atoms with Gasteiger partial charge in [-0.15, -0.1) is 0 Å². The summed E-state index contributed by atoms with van der Waals surface area (Å²) in [6, 6.07) is 13.6. The molecule has 0 saturated heterocycles. The van der Waals surface area contributed by atoms with Gasteiger partial charge >= 0.3 is 23.9 Å². The number of rotatable bonds is 12. The van der Waals surface area contributed by atoms with E-state index in [0.717, 1.165) is 27.8 Å². The van der Waals surface area contributed by atoms with Crippen molar-refractivity contribution in [2.45, 2.75) is 56.5 Å². The maximum atomic E-state index is 10.6. The van der Waals surface area contributed by atoms with Crippen molar-refractivity contribution in [1.82, 2.24) is 4.98 Å². The van der Waals surface area contributed by atoms with Crippen LogP contribution in [-0.2, 0) is 32.0 Å². The molecule has 0 amide bonds. The molecule has 0 saturated carbocycles. The summed E-state index contributed by atoms with van der Waals surface area (Å²) in [4.78, 5) is 44.0. The Morgan fingerprint density at radius 2 is 1.25 bits per heavy atom. The number of fused-ring (bicyclic) bond motifs is 1. The Hall–Kier alpha value is -3.99. The molecule has 15 heteroatoms. The molecule has 0 aliphatic rings. The number of aromatic nitrogens is 1. The molecule has 2 aromatic carbocycles. The van der Waals surface area contributed by atoms with Gasteiger partial charge in [-0.25, -0.2) is 0 Å². The van der Waals surface area contributed by atoms with Gasteiger partial charge in [0.05, 0.1) is 6.10 Å². The number of benzene rings is 2. The fourth-order valence-electron chi connectivity index (χ4n) is 3.15. The SMILES string of the molecule is CSCC[C@H](N)C(=O)O.C[C@@H](O)[C@H](N)C(=O)O.N[C@@H](Cc1c[nH]c2ccccc12)C(=O)O.N[C@@H](Cc1ccccc1)C(=O)O. The summed E-state index contributed by atoms with van der Waals surface area (Å²) in [7, 11) is 0. The van der Waals surface area contributed by atoms with Gasteiger partial charge in [0.25, 0.3) is 0 Å². The van der Waals surface area contributed by atoms with Crippen molar-refractivity contribution in [3.8, 4) is 0 Å². The van der Waals surface area contributed by atoms with Gasteiger partial charge in [-0.3, -0.25) is 19.2 Å². The zero-order valence-electron chi connectivity index (χ0n) is 24.6. The molecule has 1 heterocycles. The van der Waals surface area contributed by atoms with Gasteiger partial charge in [0, 0.05) is 23.5 Å². The van der Waals surface area contributed by atoms with Gasteiger partial charge < -0.3 is 53.5 Å². The topological polar surface area (TPSA) is 289 Å². The summed E-state index contributed by atoms with van der Waals surface area (Å²) in [6.45, 7) is 1.33. The third-order valence-electron chi connectivity index (χ3n) is 5.80. The number of aliphatic carboxylic acids is 4. The molecule has 0 bridgehead atoms. The number of hydrogen-bond donors (Lipinski definition) is 10. The van der Waals surface area contributed by atoms with E-state index in [0.29, 0.717) is 19.3 Å². The van der Waals surface area contributed by atoms with Crippen LogP contribution in [0.1, 0.15) is 24.5 Å². The number of aliphatic hydroxyl groups is 1. The Morgan fingerprint density at radius 1 is 0.750 bits per heavy atom. The minimum absolute atomic E-state index is 0.347. The molecule has 0 aliphatic heterocycles. The molecular weight excluding hydrogens is 594 g/mol. The zero-order valence-corrected chi connectivity index (χ0v) is 25.4. The van der Waals surface area contributed by atoms with E-state index in [9.17, 15) is 19.2 Å². The van der Waals surface area contributed by atoms with Crippen molar-refractivity contribution >= 4 is 46.5 Å². The first-order chi connectivity index (χ1) is 20.6. The number of nitrogens with two attached hydrogens (primary N) is 4. The maximum absolute atomic E-state index is 10.6. The monoisotopic (exact) mass is 637 g/mol. The van der Waals surface area contributed by atoms with Gasteiger partial charge in [0.1, 0.15) is 24.2 Å². The number of carbonyl (C=O) groups is 4. The zero-order chi connectivity index (χ0) is 33.8. The Bertz CT molecular complexity index is 1290. The van der Waals surface area contributed by atoms with Gasteiger partial charge in [-0.1, -0.05) is 48.5 Å². The quantitative estimate of drug-likeness (QED) is 0.131. The first-order valence-corrected chi connectivity index (χ1v) is 14.7. The molecular formula is C29H43N5O9S. The summed E-state index contributed by atoms with van der Waals surface area (Å²) < 4.78 is 0. The molecule has 14 N–H and O–H groups in total. The van der Waals surface area contributed by atoms with E-state index in [-0.39, 0.29) is 0 Å². The summed E-state index contributed by atoms with van der Waals surface area (Å²) in [5, 5.41) is 43.1. The number of thioether (sulfide) groups is 1. The van der Waals surface area contributed by atoms with Gasteiger partial charge in [-0.2, -0.15) is 11.8 Å². The molecule has 3 rings (SSSR count). The second kappa shape index (κ2) is 21.7. The molecule has 14 nitrogen and oxygen atoms in total. The van der Waals surface area contributed by atoms with E-state index in [4.69, 9.17) is 48.5 Å². The molecule has 0 radical (unpaired) electrons. The highest BCUT2D eigenvalue weighted by Gasteiger charge is 2.16. The number of nitrogens with one attached hydrogen (secondary N) is 1. The highest BCUT2D eigenvalue weighted by Crippen LogP contribution is 2.18. The van der Waals surface area contributed by atoms with Crippen molar-refractivity contribution in [2.75, 3.05) is 12.0 Å². The van der Waals surface area contributed by atoms with Crippen LogP contribution in [0, 0.1) is 0 Å². The van der Waals surface area contributed by atoms with E-state index in [1.165, 1.54) is 6.92 Å². The van der Waals surface area contributed by atoms with Crippen LogP contribution >= 0.6 is 11.8 Å². The van der Waals surface area contributed by atoms with Crippen LogP contribution in [0.15, 0.2) is 60.8 Å². The number of hydrogen-bond acceptors (Lipinski definition) is 10. The van der Waals surface area contributed by atoms with Crippen LogP contribution < -0.4 is 22.9 Å². The summed E-state index contributed by atoms with van der Waals surface area (Å²) in [5.41, 5.74) is 23.8. The second-order valence-corrected chi connectivity index (χ2v) is 10.5. The van der Waals surface area contributed by atoms with Crippen LogP contribution in [0.4, 0.5) is 0 Å². The fraction of sp³-hybridized carbons (Fsp3) is 0.379. The molecule has 5 atom stereocenters. The number of aromatic amines is 1. The highest BCUT2D eigenvalue weighted by atomic mass is 32.2. The van der Waals surface area contributed by atoms with E-state index >= 15 is 0 Å². The van der Waals surface area contributed by atoms with Crippen LogP contribution in [-0.4, -0.2) is 96.7 Å². The first-order valence-electron chi connectivity index (χ1n) is 13.3. The maximum Gasteiger partial charge on any atom is 0.323 e. The van der Waals surface area contributed by atoms with E-state index in [1.54, 1.807) is 11.8 Å². The number of para-hydroxylation sites is 1. The second-order valence-electron chi connectivity index (χ2n) is 9.47. The van der Waals surface area contributed by atoms with Crippen molar-refractivity contribution in [1.29, 1.82) is 0 Å². The highest BCUT2D eigenvalue weighted by molar-refractivity contribution is 7.98. The van der Waals surface area contributed by atoms with Crippen LogP contribution in [0.5, 0.6) is 0 Å². The van der Waals surface area contributed by atoms with Crippen molar-refractivity contribution in [3.05, 3.63) is 71.9 Å². The Morgan fingerprint density at radius 3 is 1.70 bits per heavy atom. The first kappa shape index (κ1) is 40.0. The average molecular weight is 638 g/mol. The number of carboxylic acids is 4. The van der Waals surface area contributed by atoms with Gasteiger partial charge in [0.2, 0.25) is 0 Å². The van der Waals surface area contributed by atoms with Crippen LogP contribution in [0.2, 0.25) is 0 Å². The molecule has 0 unspecified atom stereocenters. The van der Waals surface area contributed by atoms with Gasteiger partial charge in [-0.05, 0) is 49.0 Å². The number of H-pyrrole nitrogens is 1. The lowest BCUT2D eigenvalue weighted by Gasteiger charge is -2.06. The summed E-state index contributed by atoms with van der Waals surface area (Å²) >= 11 is 1.60. The normalized spacial score (nSPS) is 13.6. The minimum Gasteiger partial charge on any atom is -0.480 e. The largest absolute Gasteiger partial charge is 0.480 e. The summed E-state index contributed by atoms with van der Waals surface area (Å²) in [6.07, 6.45) is 4.04. The lowest BCUT2D eigenvalue weighted by atomic mass is 10.1. The average Bonchev–Trinajstić information content (AvgIpc) is 3.39. The molecule has 244 valence electrons.